The third kappa shape index (κ3) is 3.61. The van der Waals surface area contributed by atoms with Gasteiger partial charge in [-0.1, -0.05) is 12.1 Å². The Hall–Kier alpha value is -2.58. The van der Waals surface area contributed by atoms with E-state index in [4.69, 9.17) is 0 Å². The lowest BCUT2D eigenvalue weighted by Gasteiger charge is -2.14. The van der Waals surface area contributed by atoms with Gasteiger partial charge in [-0.2, -0.15) is 26.3 Å². The van der Waals surface area contributed by atoms with Crippen LogP contribution < -0.4 is 0 Å². The number of hydrogen-bond acceptors (Lipinski definition) is 2. The first-order valence-electron chi connectivity index (χ1n) is 6.03. The van der Waals surface area contributed by atoms with Crippen molar-refractivity contribution in [2.75, 3.05) is 0 Å². The van der Waals surface area contributed by atoms with Crippen molar-refractivity contribution in [1.82, 2.24) is 0 Å². The summed E-state index contributed by atoms with van der Waals surface area (Å²) in [5.74, 6) is 0. The van der Waals surface area contributed by atoms with Crippen LogP contribution >= 0.6 is 0 Å². The van der Waals surface area contributed by atoms with Gasteiger partial charge in [0.2, 0.25) is 0 Å². The molecule has 0 N–H and O–H groups in total. The van der Waals surface area contributed by atoms with Crippen molar-refractivity contribution in [3.63, 3.8) is 0 Å². The van der Waals surface area contributed by atoms with E-state index in [2.05, 4.69) is 0 Å². The van der Waals surface area contributed by atoms with Crippen molar-refractivity contribution in [2.45, 2.75) is 12.4 Å². The Labute approximate surface area is 125 Å². The van der Waals surface area contributed by atoms with Crippen LogP contribution in [-0.4, -0.2) is 4.92 Å². The molecule has 0 atom stereocenters. The van der Waals surface area contributed by atoms with E-state index in [0.717, 1.165) is 12.1 Å². The number of nitrogens with zero attached hydrogens (tertiary/aromatic N) is 1. The van der Waals surface area contributed by atoms with E-state index in [1.165, 1.54) is 0 Å². The van der Waals surface area contributed by atoms with Crippen LogP contribution in [0.3, 0.4) is 0 Å². The van der Waals surface area contributed by atoms with Crippen LogP contribution in [0.1, 0.15) is 11.1 Å². The van der Waals surface area contributed by atoms with Crippen LogP contribution in [0.5, 0.6) is 0 Å². The zero-order valence-electron chi connectivity index (χ0n) is 11.1. The summed E-state index contributed by atoms with van der Waals surface area (Å²) in [6.45, 7) is 0. The molecule has 0 amide bonds. The highest BCUT2D eigenvalue weighted by atomic mass is 19.4. The molecule has 0 heterocycles. The molecule has 2 aromatic rings. The third-order valence-electron chi connectivity index (χ3n) is 3.02. The second-order valence-corrected chi connectivity index (χ2v) is 4.56. The molecule has 0 saturated carbocycles. The van der Waals surface area contributed by atoms with E-state index >= 15 is 0 Å². The van der Waals surface area contributed by atoms with Crippen molar-refractivity contribution >= 4 is 5.69 Å². The summed E-state index contributed by atoms with van der Waals surface area (Å²) >= 11 is 0. The predicted octanol–water partition coefficient (Wildman–Crippen LogP) is 5.30. The molecule has 23 heavy (non-hydrogen) atoms. The van der Waals surface area contributed by atoms with E-state index in [9.17, 15) is 36.5 Å². The Morgan fingerprint density at radius 3 is 2.04 bits per heavy atom. The maximum Gasteiger partial charge on any atom is 0.417 e. The minimum Gasteiger partial charge on any atom is -0.258 e. The second-order valence-electron chi connectivity index (χ2n) is 4.56. The number of benzene rings is 2. The molecule has 2 aromatic carbocycles. The molecule has 0 aliphatic rings. The molecular formula is C14H7F6NO2. The zero-order chi connectivity index (χ0) is 17.4. The fourth-order valence-corrected chi connectivity index (χ4v) is 1.99. The number of non-ortho nitro benzene ring substituents is 1. The predicted molar refractivity (Wildman–Crippen MR) is 68.5 cm³/mol. The number of rotatable bonds is 2. The van der Waals surface area contributed by atoms with Crippen LogP contribution in [0, 0.1) is 10.1 Å². The minimum absolute atomic E-state index is 0.407. The normalized spacial score (nSPS) is 12.3. The lowest BCUT2D eigenvalue weighted by molar-refractivity contribution is -0.384. The van der Waals surface area contributed by atoms with Gasteiger partial charge in [0.05, 0.1) is 16.1 Å². The fourth-order valence-electron chi connectivity index (χ4n) is 1.99. The summed E-state index contributed by atoms with van der Waals surface area (Å²) < 4.78 is 77.1. The van der Waals surface area contributed by atoms with E-state index in [1.54, 1.807) is 0 Å². The van der Waals surface area contributed by atoms with E-state index in [-0.39, 0.29) is 0 Å². The Balaban J connectivity index is 2.70. The lowest BCUT2D eigenvalue weighted by Crippen LogP contribution is -2.09. The zero-order valence-corrected chi connectivity index (χ0v) is 11.1. The number of alkyl halides is 6. The van der Waals surface area contributed by atoms with E-state index in [0.29, 0.717) is 30.3 Å². The molecule has 0 fully saturated rings. The summed E-state index contributed by atoms with van der Waals surface area (Å²) in [6, 6.07) is 4.94. The first-order chi connectivity index (χ1) is 10.5. The van der Waals surface area contributed by atoms with Gasteiger partial charge >= 0.3 is 12.4 Å². The van der Waals surface area contributed by atoms with Crippen LogP contribution in [0.15, 0.2) is 42.5 Å². The molecule has 122 valence electrons. The molecule has 0 radical (unpaired) electrons. The van der Waals surface area contributed by atoms with Crippen LogP contribution in [0.4, 0.5) is 32.0 Å². The average Bonchev–Trinajstić information content (AvgIpc) is 2.45. The Bertz CT molecular complexity index is 752. The third-order valence-corrected chi connectivity index (χ3v) is 3.02. The summed E-state index contributed by atoms with van der Waals surface area (Å²) in [5.41, 5.74) is -4.13. The molecule has 0 aromatic heterocycles. The summed E-state index contributed by atoms with van der Waals surface area (Å²) in [7, 11) is 0. The average molecular weight is 335 g/mol. The smallest absolute Gasteiger partial charge is 0.258 e. The molecule has 0 bridgehead atoms. The summed E-state index contributed by atoms with van der Waals surface area (Å²) in [5, 5.41) is 10.7. The van der Waals surface area contributed by atoms with Gasteiger partial charge < -0.3 is 0 Å². The first-order valence-corrected chi connectivity index (χ1v) is 6.03. The van der Waals surface area contributed by atoms with Gasteiger partial charge in [0.25, 0.3) is 5.69 Å². The van der Waals surface area contributed by atoms with Crippen LogP contribution in [-0.2, 0) is 12.4 Å². The summed E-state index contributed by atoms with van der Waals surface area (Å²) in [4.78, 5) is 9.80. The summed E-state index contributed by atoms with van der Waals surface area (Å²) in [6.07, 6.45) is -9.60. The lowest BCUT2D eigenvalue weighted by atomic mass is 9.97. The van der Waals surface area contributed by atoms with Gasteiger partial charge in [-0.05, 0) is 23.8 Å². The Morgan fingerprint density at radius 2 is 1.52 bits per heavy atom. The van der Waals surface area contributed by atoms with E-state index < -0.39 is 45.2 Å². The highest BCUT2D eigenvalue weighted by Gasteiger charge is 2.35. The van der Waals surface area contributed by atoms with Crippen molar-refractivity contribution in [3.05, 3.63) is 63.7 Å². The van der Waals surface area contributed by atoms with Gasteiger partial charge in [-0.25, -0.2) is 0 Å². The largest absolute Gasteiger partial charge is 0.417 e. The maximum absolute atomic E-state index is 13.0. The molecule has 0 spiro atoms. The molecule has 2 rings (SSSR count). The molecule has 0 aliphatic heterocycles. The molecular weight excluding hydrogens is 328 g/mol. The fraction of sp³-hybridized carbons (Fsp3) is 0.143. The van der Waals surface area contributed by atoms with Crippen molar-refractivity contribution in [3.8, 4) is 11.1 Å². The van der Waals surface area contributed by atoms with Gasteiger partial charge in [-0.15, -0.1) is 0 Å². The Kier molecular flexibility index (Phi) is 4.06. The highest BCUT2D eigenvalue weighted by molar-refractivity contribution is 5.71. The highest BCUT2D eigenvalue weighted by Crippen LogP contribution is 2.40. The standard InChI is InChI=1S/C14H7F6NO2/c15-13(16,17)9-3-1-2-8(6-9)11-7-10(21(22)23)4-5-12(11)14(18,19)20/h1-7H. The second kappa shape index (κ2) is 5.56. The van der Waals surface area contributed by atoms with E-state index in [1.807, 2.05) is 0 Å². The SMILES string of the molecule is O=[N+]([O-])c1ccc(C(F)(F)F)c(-c2cccc(C(F)(F)F)c2)c1. The molecule has 0 aliphatic carbocycles. The van der Waals surface area contributed by atoms with Crippen LogP contribution in [0.2, 0.25) is 0 Å². The first kappa shape index (κ1) is 16.8. The molecule has 0 unspecified atom stereocenters. The number of halogens is 6. The topological polar surface area (TPSA) is 43.1 Å². The van der Waals surface area contributed by atoms with Crippen LogP contribution in [0.25, 0.3) is 11.1 Å². The quantitative estimate of drug-likeness (QED) is 0.425. The monoisotopic (exact) mass is 335 g/mol. The number of hydrogen-bond donors (Lipinski definition) is 0. The van der Waals surface area contributed by atoms with Crippen molar-refractivity contribution in [2.24, 2.45) is 0 Å². The number of nitro benzene ring substituents is 1. The maximum atomic E-state index is 13.0. The van der Waals surface area contributed by atoms with Crippen molar-refractivity contribution in [1.29, 1.82) is 0 Å². The Morgan fingerprint density at radius 1 is 0.870 bits per heavy atom. The van der Waals surface area contributed by atoms with Gasteiger partial charge in [-0.3, -0.25) is 10.1 Å². The minimum atomic E-state index is -4.86. The molecule has 3 nitrogen and oxygen atoms in total. The van der Waals surface area contributed by atoms with Crippen molar-refractivity contribution < 1.29 is 31.3 Å². The van der Waals surface area contributed by atoms with Gasteiger partial charge in [0.1, 0.15) is 0 Å². The number of nitro groups is 1. The van der Waals surface area contributed by atoms with Gasteiger partial charge in [0, 0.05) is 17.7 Å². The molecule has 0 saturated heterocycles. The van der Waals surface area contributed by atoms with Gasteiger partial charge in [0.15, 0.2) is 0 Å². The molecule has 9 heteroatoms.